The summed E-state index contributed by atoms with van der Waals surface area (Å²) in [5, 5.41) is 2.96. The fourth-order valence-corrected chi connectivity index (χ4v) is 6.23. The number of hydrogen-bond acceptors (Lipinski definition) is 3. The van der Waals surface area contributed by atoms with E-state index in [0.717, 1.165) is 43.5 Å². The van der Waals surface area contributed by atoms with Gasteiger partial charge in [-0.1, -0.05) is 0 Å². The highest BCUT2D eigenvalue weighted by molar-refractivity contribution is 7.90. The summed E-state index contributed by atoms with van der Waals surface area (Å²) < 4.78 is 39.5. The van der Waals surface area contributed by atoms with Gasteiger partial charge in [0, 0.05) is 5.54 Å². The summed E-state index contributed by atoms with van der Waals surface area (Å²) in [7, 11) is -3.99. The van der Waals surface area contributed by atoms with Crippen LogP contribution >= 0.6 is 0 Å². The molecule has 4 aliphatic carbocycles. The molecule has 0 atom stereocenters. The van der Waals surface area contributed by atoms with Crippen LogP contribution in [0.4, 0.5) is 9.18 Å². The Balaban J connectivity index is 1.46. The van der Waals surface area contributed by atoms with Gasteiger partial charge in [0.1, 0.15) is 5.82 Å². The first-order valence-electron chi connectivity index (χ1n) is 8.44. The first-order valence-corrected chi connectivity index (χ1v) is 9.92. The highest BCUT2D eigenvalue weighted by Crippen LogP contribution is 2.55. The number of benzene rings is 1. The fourth-order valence-electron chi connectivity index (χ4n) is 5.32. The van der Waals surface area contributed by atoms with E-state index in [1.54, 1.807) is 0 Å². The molecule has 4 bridgehead atoms. The maximum Gasteiger partial charge on any atom is 0.329 e. The lowest BCUT2D eigenvalue weighted by Gasteiger charge is -2.56. The fraction of sp³-hybridized carbons (Fsp3) is 0.588. The third-order valence-electron chi connectivity index (χ3n) is 5.77. The average Bonchev–Trinajstić information content (AvgIpc) is 2.44. The summed E-state index contributed by atoms with van der Waals surface area (Å²) in [5.74, 6) is 1.45. The molecule has 1 aromatic carbocycles. The molecule has 0 saturated heterocycles. The molecule has 5 rings (SSSR count). The first-order chi connectivity index (χ1) is 11.3. The monoisotopic (exact) mass is 352 g/mol. The van der Waals surface area contributed by atoms with Gasteiger partial charge in [0.2, 0.25) is 0 Å². The Kier molecular flexibility index (Phi) is 3.60. The Morgan fingerprint density at radius 2 is 1.50 bits per heavy atom. The van der Waals surface area contributed by atoms with E-state index in [2.05, 4.69) is 10.0 Å². The number of sulfonamides is 1. The summed E-state index contributed by atoms with van der Waals surface area (Å²) in [6, 6.07) is 3.74. The van der Waals surface area contributed by atoms with Crippen LogP contribution in [0.15, 0.2) is 29.2 Å². The largest absolute Gasteiger partial charge is 0.332 e. The number of nitrogens with one attached hydrogen (secondary N) is 2. The molecule has 0 spiro atoms. The highest BCUT2D eigenvalue weighted by Gasteiger charge is 2.51. The molecule has 0 radical (unpaired) electrons. The Morgan fingerprint density at radius 1 is 1.00 bits per heavy atom. The predicted octanol–water partition coefficient (Wildman–Crippen LogP) is 2.78. The molecule has 2 N–H and O–H groups in total. The van der Waals surface area contributed by atoms with Crippen molar-refractivity contribution in [1.29, 1.82) is 0 Å². The number of carbonyl (C=O) groups is 1. The molecule has 24 heavy (non-hydrogen) atoms. The zero-order valence-corrected chi connectivity index (χ0v) is 14.1. The van der Waals surface area contributed by atoms with Crippen molar-refractivity contribution in [3.05, 3.63) is 30.1 Å². The second kappa shape index (κ2) is 5.44. The van der Waals surface area contributed by atoms with Crippen LogP contribution in [0.25, 0.3) is 0 Å². The summed E-state index contributed by atoms with van der Waals surface area (Å²) in [6.07, 6.45) is 6.58. The summed E-state index contributed by atoms with van der Waals surface area (Å²) in [6.45, 7) is 0. The van der Waals surface area contributed by atoms with Crippen molar-refractivity contribution in [1.82, 2.24) is 10.0 Å². The van der Waals surface area contributed by atoms with E-state index in [4.69, 9.17) is 0 Å². The zero-order valence-electron chi connectivity index (χ0n) is 13.3. The molecule has 5 nitrogen and oxygen atoms in total. The predicted molar refractivity (Wildman–Crippen MR) is 86.2 cm³/mol. The maximum absolute atomic E-state index is 12.9. The molecule has 4 saturated carbocycles. The van der Waals surface area contributed by atoms with Crippen LogP contribution in [0.1, 0.15) is 38.5 Å². The molecule has 0 unspecified atom stereocenters. The minimum atomic E-state index is -3.99. The lowest BCUT2D eigenvalue weighted by atomic mass is 9.53. The van der Waals surface area contributed by atoms with Crippen molar-refractivity contribution < 1.29 is 17.6 Å². The first kappa shape index (κ1) is 15.9. The minimum Gasteiger partial charge on any atom is -0.332 e. The number of hydrogen-bond donors (Lipinski definition) is 2. The number of rotatable bonds is 3. The van der Waals surface area contributed by atoms with Crippen LogP contribution in [0, 0.1) is 23.6 Å². The quantitative estimate of drug-likeness (QED) is 0.878. The van der Waals surface area contributed by atoms with Gasteiger partial charge in [-0.25, -0.2) is 22.3 Å². The van der Waals surface area contributed by atoms with Gasteiger partial charge in [-0.05, 0) is 80.5 Å². The van der Waals surface area contributed by atoms with Gasteiger partial charge in [-0.15, -0.1) is 0 Å². The SMILES string of the molecule is O=C(NC12CC3CC(CC(C3)C1)C2)NS(=O)(=O)c1ccc(F)cc1. The van der Waals surface area contributed by atoms with E-state index >= 15 is 0 Å². The van der Waals surface area contributed by atoms with Gasteiger partial charge in [0.15, 0.2) is 0 Å². The van der Waals surface area contributed by atoms with Crippen LogP contribution in [0.3, 0.4) is 0 Å². The van der Waals surface area contributed by atoms with Crippen molar-refractivity contribution in [2.45, 2.75) is 49.0 Å². The van der Waals surface area contributed by atoms with Crippen molar-refractivity contribution in [3.63, 3.8) is 0 Å². The van der Waals surface area contributed by atoms with E-state index in [1.807, 2.05) is 0 Å². The van der Waals surface area contributed by atoms with Crippen LogP contribution in [-0.2, 0) is 10.0 Å². The lowest BCUT2D eigenvalue weighted by molar-refractivity contribution is -0.0132. The topological polar surface area (TPSA) is 75.3 Å². The van der Waals surface area contributed by atoms with Crippen LogP contribution < -0.4 is 10.0 Å². The van der Waals surface area contributed by atoms with E-state index in [9.17, 15) is 17.6 Å². The third-order valence-corrected chi connectivity index (χ3v) is 7.11. The highest BCUT2D eigenvalue weighted by atomic mass is 32.2. The molecule has 0 aromatic heterocycles. The van der Waals surface area contributed by atoms with Gasteiger partial charge in [-0.2, -0.15) is 0 Å². The van der Waals surface area contributed by atoms with Crippen molar-refractivity contribution >= 4 is 16.1 Å². The molecule has 4 fully saturated rings. The number of carbonyl (C=O) groups excluding carboxylic acids is 1. The van der Waals surface area contributed by atoms with Gasteiger partial charge in [-0.3, -0.25) is 0 Å². The average molecular weight is 352 g/mol. The molecule has 4 aliphatic rings. The summed E-state index contributed by atoms with van der Waals surface area (Å²) >= 11 is 0. The second-order valence-electron chi connectivity index (χ2n) is 7.71. The molecular formula is C17H21FN2O3S. The number of urea groups is 1. The van der Waals surface area contributed by atoms with Gasteiger partial charge in [0.25, 0.3) is 10.0 Å². The van der Waals surface area contributed by atoms with E-state index in [0.29, 0.717) is 17.8 Å². The van der Waals surface area contributed by atoms with Crippen LogP contribution in [-0.4, -0.2) is 20.0 Å². The molecule has 0 aliphatic heterocycles. The molecule has 2 amide bonds. The zero-order chi connectivity index (χ0) is 16.9. The molecule has 7 heteroatoms. The van der Waals surface area contributed by atoms with Crippen molar-refractivity contribution in [2.24, 2.45) is 17.8 Å². The van der Waals surface area contributed by atoms with E-state index < -0.39 is 21.9 Å². The maximum atomic E-state index is 12.9. The molecule has 1 aromatic rings. The molecule has 130 valence electrons. The van der Waals surface area contributed by atoms with E-state index in [1.165, 1.54) is 19.3 Å². The Labute approximate surface area is 141 Å². The summed E-state index contributed by atoms with van der Waals surface area (Å²) in [5.41, 5.74) is -0.253. The van der Waals surface area contributed by atoms with E-state index in [-0.39, 0.29) is 10.4 Å². The third kappa shape index (κ3) is 2.90. The summed E-state index contributed by atoms with van der Waals surface area (Å²) in [4.78, 5) is 12.2. The van der Waals surface area contributed by atoms with Gasteiger partial charge >= 0.3 is 6.03 Å². The lowest BCUT2D eigenvalue weighted by Crippen LogP contribution is -2.61. The normalized spacial score (nSPS) is 34.1. The molecular weight excluding hydrogens is 331 g/mol. The number of amides is 2. The van der Waals surface area contributed by atoms with Gasteiger partial charge in [0.05, 0.1) is 4.90 Å². The van der Waals surface area contributed by atoms with Crippen LogP contribution in [0.2, 0.25) is 0 Å². The molecule has 0 heterocycles. The van der Waals surface area contributed by atoms with Crippen molar-refractivity contribution in [3.8, 4) is 0 Å². The Hall–Kier alpha value is -1.63. The minimum absolute atomic E-state index is 0.121. The standard InChI is InChI=1S/C17H21FN2O3S/c18-14-1-3-15(4-2-14)24(22,23)20-16(21)19-17-8-11-5-12(9-17)7-13(6-11)10-17/h1-4,11-13H,5-10H2,(H2,19,20,21). The number of halogens is 1. The Bertz CT molecular complexity index is 725. The van der Waals surface area contributed by atoms with Crippen molar-refractivity contribution in [2.75, 3.05) is 0 Å². The van der Waals surface area contributed by atoms with Crippen LogP contribution in [0.5, 0.6) is 0 Å². The smallest absolute Gasteiger partial charge is 0.329 e. The van der Waals surface area contributed by atoms with Gasteiger partial charge < -0.3 is 5.32 Å². The Morgan fingerprint density at radius 3 is 2.00 bits per heavy atom. The second-order valence-corrected chi connectivity index (χ2v) is 9.39.